The van der Waals surface area contributed by atoms with Gasteiger partial charge in [0.15, 0.2) is 11.5 Å². The molecule has 1 fully saturated rings. The third kappa shape index (κ3) is 2.54. The summed E-state index contributed by atoms with van der Waals surface area (Å²) in [6.45, 7) is 5.54. The van der Waals surface area contributed by atoms with Crippen molar-refractivity contribution in [1.29, 1.82) is 0 Å². The summed E-state index contributed by atoms with van der Waals surface area (Å²) in [6.07, 6.45) is 2.25. The van der Waals surface area contributed by atoms with Crippen LogP contribution in [-0.4, -0.2) is 37.2 Å². The molecule has 2 atom stereocenters. The molecule has 5 heteroatoms. The molecule has 0 aromatic heterocycles. The first kappa shape index (κ1) is 14.2. The Hall–Kier alpha value is -0.780. The lowest BCUT2D eigenvalue weighted by Crippen LogP contribution is -2.45. The van der Waals surface area contributed by atoms with Gasteiger partial charge in [0, 0.05) is 6.04 Å². The number of piperidine rings is 1. The summed E-state index contributed by atoms with van der Waals surface area (Å²) in [5.41, 5.74) is 7.59. The predicted molar refractivity (Wildman–Crippen MR) is 82.3 cm³/mol. The Morgan fingerprint density at radius 1 is 1.35 bits per heavy atom. The van der Waals surface area contributed by atoms with Gasteiger partial charge in [0.25, 0.3) is 0 Å². The van der Waals surface area contributed by atoms with Crippen molar-refractivity contribution in [2.75, 3.05) is 26.3 Å². The Morgan fingerprint density at radius 2 is 2.15 bits per heavy atom. The van der Waals surface area contributed by atoms with Crippen molar-refractivity contribution >= 4 is 15.9 Å². The molecule has 20 heavy (non-hydrogen) atoms. The number of nitrogens with two attached hydrogens (primary N) is 1. The Labute approximate surface area is 128 Å². The van der Waals surface area contributed by atoms with Crippen LogP contribution in [-0.2, 0) is 0 Å². The monoisotopic (exact) mass is 340 g/mol. The van der Waals surface area contributed by atoms with Crippen molar-refractivity contribution in [2.45, 2.75) is 31.8 Å². The average Bonchev–Trinajstić information content (AvgIpc) is 2.46. The van der Waals surface area contributed by atoms with Crippen LogP contribution in [0.3, 0.4) is 0 Å². The lowest BCUT2D eigenvalue weighted by Gasteiger charge is -2.40. The number of halogens is 1. The molecule has 2 heterocycles. The van der Waals surface area contributed by atoms with E-state index in [0.717, 1.165) is 35.5 Å². The van der Waals surface area contributed by atoms with E-state index >= 15 is 0 Å². The third-order valence-corrected chi connectivity index (χ3v) is 4.74. The fourth-order valence-electron chi connectivity index (χ4n) is 3.21. The Bertz CT molecular complexity index is 495. The lowest BCUT2D eigenvalue weighted by atomic mass is 9.90. The number of nitrogens with zero attached hydrogens (tertiary/aromatic N) is 1. The van der Waals surface area contributed by atoms with E-state index < -0.39 is 0 Å². The Balaban J connectivity index is 1.98. The van der Waals surface area contributed by atoms with Crippen LogP contribution >= 0.6 is 15.9 Å². The van der Waals surface area contributed by atoms with Crippen molar-refractivity contribution in [3.63, 3.8) is 0 Å². The normalized spacial score (nSPS) is 26.6. The molecule has 0 bridgehead atoms. The van der Waals surface area contributed by atoms with Crippen molar-refractivity contribution in [1.82, 2.24) is 4.90 Å². The zero-order chi connectivity index (χ0) is 14.1. The molecule has 2 aliphatic heterocycles. The maximum Gasteiger partial charge on any atom is 0.175 e. The number of rotatable bonds is 2. The van der Waals surface area contributed by atoms with Gasteiger partial charge in [-0.25, -0.2) is 0 Å². The fraction of sp³-hybridized carbons (Fsp3) is 0.600. The highest BCUT2D eigenvalue weighted by atomic mass is 79.9. The first-order valence-electron chi connectivity index (χ1n) is 7.29. The molecule has 2 N–H and O–H groups in total. The molecule has 0 aliphatic carbocycles. The van der Waals surface area contributed by atoms with Gasteiger partial charge in [-0.2, -0.15) is 0 Å². The Morgan fingerprint density at radius 3 is 2.95 bits per heavy atom. The summed E-state index contributed by atoms with van der Waals surface area (Å²) in [4.78, 5) is 2.45. The van der Waals surface area contributed by atoms with Gasteiger partial charge in [0.05, 0.1) is 10.5 Å². The number of benzene rings is 1. The van der Waals surface area contributed by atoms with Gasteiger partial charge in [-0.1, -0.05) is 6.92 Å². The van der Waals surface area contributed by atoms with Gasteiger partial charge in [0.1, 0.15) is 13.2 Å². The minimum absolute atomic E-state index is 0.179. The van der Waals surface area contributed by atoms with E-state index in [4.69, 9.17) is 15.2 Å². The van der Waals surface area contributed by atoms with Crippen LogP contribution < -0.4 is 15.2 Å². The molecule has 1 aromatic rings. The standard InChI is InChI=1S/C15H21BrN2O2/c1-2-18-5-3-4-12(17)14(18)10-8-11(16)15-13(9-10)19-6-7-20-15/h8-9,12,14H,2-7,17H2,1H3. The second kappa shape index (κ2) is 5.92. The summed E-state index contributed by atoms with van der Waals surface area (Å²) < 4.78 is 12.3. The van der Waals surface area contributed by atoms with Crippen LogP contribution in [0, 0.1) is 0 Å². The molecular formula is C15H21BrN2O2. The van der Waals surface area contributed by atoms with E-state index in [1.807, 2.05) is 0 Å². The Kier molecular flexibility index (Phi) is 4.19. The molecular weight excluding hydrogens is 320 g/mol. The average molecular weight is 341 g/mol. The number of ether oxygens (including phenoxy) is 2. The second-order valence-electron chi connectivity index (χ2n) is 5.41. The van der Waals surface area contributed by atoms with Crippen molar-refractivity contribution < 1.29 is 9.47 Å². The van der Waals surface area contributed by atoms with E-state index in [0.29, 0.717) is 13.2 Å². The van der Waals surface area contributed by atoms with Crippen LogP contribution in [0.15, 0.2) is 16.6 Å². The zero-order valence-electron chi connectivity index (χ0n) is 11.8. The van der Waals surface area contributed by atoms with Crippen LogP contribution in [0.1, 0.15) is 31.4 Å². The molecule has 4 nitrogen and oxygen atoms in total. The molecule has 1 saturated heterocycles. The number of likely N-dealkylation sites (tertiary alicyclic amines) is 1. The van der Waals surface area contributed by atoms with Crippen LogP contribution in [0.4, 0.5) is 0 Å². The van der Waals surface area contributed by atoms with E-state index in [1.165, 1.54) is 12.0 Å². The number of likely N-dealkylation sites (N-methyl/N-ethyl adjacent to an activating group) is 1. The SMILES string of the molecule is CCN1CCCC(N)C1c1cc(Br)c2c(c1)OCCO2. The minimum atomic E-state index is 0.179. The minimum Gasteiger partial charge on any atom is -0.486 e. The topological polar surface area (TPSA) is 47.7 Å². The quantitative estimate of drug-likeness (QED) is 0.899. The summed E-state index contributed by atoms with van der Waals surface area (Å²) in [6, 6.07) is 4.67. The molecule has 3 rings (SSSR count). The third-order valence-electron chi connectivity index (χ3n) is 4.15. The van der Waals surface area contributed by atoms with Gasteiger partial charge < -0.3 is 15.2 Å². The van der Waals surface area contributed by atoms with E-state index in [-0.39, 0.29) is 12.1 Å². The van der Waals surface area contributed by atoms with Crippen molar-refractivity contribution in [2.24, 2.45) is 5.73 Å². The highest BCUT2D eigenvalue weighted by molar-refractivity contribution is 9.10. The van der Waals surface area contributed by atoms with E-state index in [2.05, 4.69) is 39.9 Å². The van der Waals surface area contributed by atoms with E-state index in [9.17, 15) is 0 Å². The van der Waals surface area contributed by atoms with Gasteiger partial charge in [0.2, 0.25) is 0 Å². The van der Waals surface area contributed by atoms with Gasteiger partial charge >= 0.3 is 0 Å². The molecule has 0 spiro atoms. The summed E-state index contributed by atoms with van der Waals surface area (Å²) in [5.74, 6) is 1.64. The highest BCUT2D eigenvalue weighted by Gasteiger charge is 2.31. The van der Waals surface area contributed by atoms with Gasteiger partial charge in [-0.3, -0.25) is 4.90 Å². The largest absolute Gasteiger partial charge is 0.486 e. The molecule has 2 unspecified atom stereocenters. The first-order valence-corrected chi connectivity index (χ1v) is 8.08. The van der Waals surface area contributed by atoms with Crippen LogP contribution in [0.25, 0.3) is 0 Å². The molecule has 0 radical (unpaired) electrons. The molecule has 0 saturated carbocycles. The lowest BCUT2D eigenvalue weighted by molar-refractivity contribution is 0.134. The molecule has 1 aromatic carbocycles. The fourth-order valence-corrected chi connectivity index (χ4v) is 3.79. The maximum absolute atomic E-state index is 6.37. The molecule has 2 aliphatic rings. The zero-order valence-corrected chi connectivity index (χ0v) is 13.4. The number of fused-ring (bicyclic) bond motifs is 1. The van der Waals surface area contributed by atoms with E-state index in [1.54, 1.807) is 0 Å². The molecule has 110 valence electrons. The number of hydrogen-bond acceptors (Lipinski definition) is 4. The maximum atomic E-state index is 6.37. The molecule has 0 amide bonds. The highest BCUT2D eigenvalue weighted by Crippen LogP contribution is 2.42. The van der Waals surface area contributed by atoms with Crippen LogP contribution in [0.2, 0.25) is 0 Å². The smallest absolute Gasteiger partial charge is 0.175 e. The van der Waals surface area contributed by atoms with Gasteiger partial charge in [-0.15, -0.1) is 0 Å². The van der Waals surface area contributed by atoms with Crippen molar-refractivity contribution in [3.8, 4) is 11.5 Å². The second-order valence-corrected chi connectivity index (χ2v) is 6.26. The summed E-state index contributed by atoms with van der Waals surface area (Å²) in [5, 5.41) is 0. The summed E-state index contributed by atoms with van der Waals surface area (Å²) >= 11 is 3.60. The van der Waals surface area contributed by atoms with Gasteiger partial charge in [-0.05, 0) is 59.6 Å². The summed E-state index contributed by atoms with van der Waals surface area (Å²) in [7, 11) is 0. The van der Waals surface area contributed by atoms with Crippen LogP contribution in [0.5, 0.6) is 11.5 Å². The predicted octanol–water partition coefficient (Wildman–Crippen LogP) is 2.70. The number of hydrogen-bond donors (Lipinski definition) is 1. The first-order chi connectivity index (χ1) is 9.70. The van der Waals surface area contributed by atoms with Crippen molar-refractivity contribution in [3.05, 3.63) is 22.2 Å².